The van der Waals surface area contributed by atoms with Gasteiger partial charge in [0, 0.05) is 10.2 Å². The fourth-order valence-corrected chi connectivity index (χ4v) is 2.38. The Morgan fingerprint density at radius 1 is 1.29 bits per heavy atom. The topological polar surface area (TPSA) is 67.0 Å². The number of nitrogens with zero attached hydrogens (tertiary/aromatic N) is 1. The van der Waals surface area contributed by atoms with E-state index in [0.29, 0.717) is 11.5 Å². The van der Waals surface area contributed by atoms with E-state index in [0.717, 1.165) is 21.2 Å². The molecule has 2 N–H and O–H groups in total. The molecule has 0 aliphatic carbocycles. The Balaban J connectivity index is 1.89. The van der Waals surface area contributed by atoms with Crippen LogP contribution in [0.2, 0.25) is 0 Å². The number of carbonyl (C=O) groups excluding carboxylic acids is 1. The molecule has 0 saturated heterocycles. The zero-order valence-corrected chi connectivity index (χ0v) is 12.8. The Morgan fingerprint density at radius 3 is 2.95 bits per heavy atom. The highest BCUT2D eigenvalue weighted by atomic mass is 79.9. The summed E-state index contributed by atoms with van der Waals surface area (Å²) in [5, 5.41) is 3.14. The second kappa shape index (κ2) is 5.57. The number of nitrogens with one attached hydrogen (secondary N) is 2. The first-order valence-electron chi connectivity index (χ1n) is 6.26. The van der Waals surface area contributed by atoms with Gasteiger partial charge >= 0.3 is 5.97 Å². The van der Waals surface area contributed by atoms with E-state index in [1.807, 2.05) is 24.3 Å². The van der Waals surface area contributed by atoms with Gasteiger partial charge in [-0.25, -0.2) is 9.78 Å². The average Bonchev–Trinajstić information content (AvgIpc) is 2.88. The second-order valence-electron chi connectivity index (χ2n) is 4.44. The molecule has 6 heteroatoms. The molecule has 0 spiro atoms. The summed E-state index contributed by atoms with van der Waals surface area (Å²) in [5.41, 5.74) is 3.04. The number of fused-ring (bicyclic) bond motifs is 1. The van der Waals surface area contributed by atoms with Crippen LogP contribution in [0.25, 0.3) is 11.0 Å². The summed E-state index contributed by atoms with van der Waals surface area (Å²) in [6, 6.07) is 12.9. The van der Waals surface area contributed by atoms with Crippen molar-refractivity contribution < 1.29 is 9.53 Å². The summed E-state index contributed by atoms with van der Waals surface area (Å²) in [4.78, 5) is 19.1. The number of H-pyrrole nitrogens is 1. The van der Waals surface area contributed by atoms with Crippen LogP contribution < -0.4 is 5.32 Å². The van der Waals surface area contributed by atoms with Crippen molar-refractivity contribution >= 4 is 44.6 Å². The van der Waals surface area contributed by atoms with Gasteiger partial charge in [0.15, 0.2) is 0 Å². The summed E-state index contributed by atoms with van der Waals surface area (Å²) in [6.07, 6.45) is 0. The Bertz CT molecular complexity index is 814. The minimum atomic E-state index is -0.368. The fourth-order valence-electron chi connectivity index (χ4n) is 2.02. The van der Waals surface area contributed by atoms with Gasteiger partial charge < -0.3 is 15.0 Å². The van der Waals surface area contributed by atoms with Crippen molar-refractivity contribution in [1.29, 1.82) is 0 Å². The number of benzene rings is 2. The molecule has 1 heterocycles. The van der Waals surface area contributed by atoms with Crippen LogP contribution in [0.15, 0.2) is 46.9 Å². The standard InChI is InChI=1S/C15H12BrN3O2/c1-21-14(20)9-3-2-4-11(7-9)17-15-18-12-6-5-10(16)8-13(12)19-15/h2-8H,1H3,(H2,17,18,19). The number of carbonyl (C=O) groups is 1. The first-order chi connectivity index (χ1) is 10.2. The molecule has 0 bridgehead atoms. The molecule has 0 fully saturated rings. The molecule has 21 heavy (non-hydrogen) atoms. The zero-order chi connectivity index (χ0) is 14.8. The molecule has 0 amide bonds. The van der Waals surface area contributed by atoms with Crippen molar-refractivity contribution in [2.75, 3.05) is 12.4 Å². The summed E-state index contributed by atoms with van der Waals surface area (Å²) >= 11 is 3.42. The molecule has 0 saturated carbocycles. The Morgan fingerprint density at radius 2 is 2.14 bits per heavy atom. The number of imidazole rings is 1. The average molecular weight is 346 g/mol. The lowest BCUT2D eigenvalue weighted by Gasteiger charge is -2.04. The van der Waals surface area contributed by atoms with Gasteiger partial charge in [0.1, 0.15) is 0 Å². The van der Waals surface area contributed by atoms with E-state index < -0.39 is 0 Å². The number of rotatable bonds is 3. The molecule has 5 nitrogen and oxygen atoms in total. The number of methoxy groups -OCH3 is 1. The predicted octanol–water partition coefficient (Wildman–Crippen LogP) is 3.86. The van der Waals surface area contributed by atoms with E-state index in [-0.39, 0.29) is 5.97 Å². The first kappa shape index (κ1) is 13.6. The molecule has 2 aromatic carbocycles. The van der Waals surface area contributed by atoms with E-state index in [1.165, 1.54) is 7.11 Å². The lowest BCUT2D eigenvalue weighted by molar-refractivity contribution is 0.0601. The van der Waals surface area contributed by atoms with Crippen LogP contribution in [0.5, 0.6) is 0 Å². The Hall–Kier alpha value is -2.34. The third-order valence-electron chi connectivity index (χ3n) is 2.99. The van der Waals surface area contributed by atoms with Gasteiger partial charge in [-0.1, -0.05) is 22.0 Å². The number of aromatic amines is 1. The number of hydrogen-bond donors (Lipinski definition) is 2. The van der Waals surface area contributed by atoms with Gasteiger partial charge in [0.25, 0.3) is 0 Å². The highest BCUT2D eigenvalue weighted by Gasteiger charge is 2.07. The summed E-state index contributed by atoms with van der Waals surface area (Å²) in [5.74, 6) is 0.248. The molecule has 0 aliphatic rings. The number of halogens is 1. The second-order valence-corrected chi connectivity index (χ2v) is 5.36. The number of aromatic nitrogens is 2. The van der Waals surface area contributed by atoms with Crippen LogP contribution in [0.1, 0.15) is 10.4 Å². The maximum Gasteiger partial charge on any atom is 0.337 e. The molecule has 0 atom stereocenters. The van der Waals surface area contributed by atoms with Crippen molar-refractivity contribution in [2.24, 2.45) is 0 Å². The molecule has 0 unspecified atom stereocenters. The normalized spacial score (nSPS) is 10.6. The number of ether oxygens (including phenoxy) is 1. The van der Waals surface area contributed by atoms with Crippen molar-refractivity contribution in [2.45, 2.75) is 0 Å². The molecular weight excluding hydrogens is 334 g/mol. The summed E-state index contributed by atoms with van der Waals surface area (Å²) < 4.78 is 5.69. The van der Waals surface area contributed by atoms with Crippen LogP contribution in [-0.2, 0) is 4.74 Å². The van der Waals surface area contributed by atoms with Gasteiger partial charge in [-0.15, -0.1) is 0 Å². The van der Waals surface area contributed by atoms with Gasteiger partial charge in [-0.3, -0.25) is 0 Å². The molecule has 3 aromatic rings. The smallest absolute Gasteiger partial charge is 0.337 e. The quantitative estimate of drug-likeness (QED) is 0.707. The van der Waals surface area contributed by atoms with Crippen LogP contribution >= 0.6 is 15.9 Å². The molecule has 0 aliphatic heterocycles. The molecule has 0 radical (unpaired) electrons. The lowest BCUT2D eigenvalue weighted by Crippen LogP contribution is -2.02. The SMILES string of the molecule is COC(=O)c1cccc(Nc2nc3ccc(Br)cc3[nH]2)c1. The first-order valence-corrected chi connectivity index (χ1v) is 7.06. The molecular formula is C15H12BrN3O2. The van der Waals surface area contributed by atoms with E-state index in [4.69, 9.17) is 4.74 Å². The summed E-state index contributed by atoms with van der Waals surface area (Å²) in [7, 11) is 1.36. The van der Waals surface area contributed by atoms with Crippen LogP contribution in [0.4, 0.5) is 11.6 Å². The van der Waals surface area contributed by atoms with E-state index in [1.54, 1.807) is 18.2 Å². The third kappa shape index (κ3) is 2.90. The monoisotopic (exact) mass is 345 g/mol. The van der Waals surface area contributed by atoms with Crippen molar-refractivity contribution in [3.05, 3.63) is 52.5 Å². The lowest BCUT2D eigenvalue weighted by atomic mass is 10.2. The predicted molar refractivity (Wildman–Crippen MR) is 84.9 cm³/mol. The van der Waals surface area contributed by atoms with Gasteiger partial charge in [-0.2, -0.15) is 0 Å². The Kier molecular flexibility index (Phi) is 3.62. The van der Waals surface area contributed by atoms with Crippen molar-refractivity contribution in [1.82, 2.24) is 9.97 Å². The number of esters is 1. The molecule has 1 aromatic heterocycles. The van der Waals surface area contributed by atoms with E-state index in [2.05, 4.69) is 31.2 Å². The highest BCUT2D eigenvalue weighted by molar-refractivity contribution is 9.10. The molecule has 106 valence electrons. The van der Waals surface area contributed by atoms with E-state index >= 15 is 0 Å². The van der Waals surface area contributed by atoms with Gasteiger partial charge in [-0.05, 0) is 36.4 Å². The number of hydrogen-bond acceptors (Lipinski definition) is 4. The van der Waals surface area contributed by atoms with Gasteiger partial charge in [0.05, 0.1) is 23.7 Å². The van der Waals surface area contributed by atoms with E-state index in [9.17, 15) is 4.79 Å². The van der Waals surface area contributed by atoms with Crippen LogP contribution in [0.3, 0.4) is 0 Å². The highest BCUT2D eigenvalue weighted by Crippen LogP contribution is 2.22. The fraction of sp³-hybridized carbons (Fsp3) is 0.0667. The maximum atomic E-state index is 11.5. The number of anilines is 2. The minimum Gasteiger partial charge on any atom is -0.465 e. The van der Waals surface area contributed by atoms with Crippen LogP contribution in [0, 0.1) is 0 Å². The summed E-state index contributed by atoms with van der Waals surface area (Å²) in [6.45, 7) is 0. The van der Waals surface area contributed by atoms with Crippen LogP contribution in [-0.4, -0.2) is 23.0 Å². The third-order valence-corrected chi connectivity index (χ3v) is 3.48. The Labute approximate surface area is 129 Å². The minimum absolute atomic E-state index is 0.368. The largest absolute Gasteiger partial charge is 0.465 e. The maximum absolute atomic E-state index is 11.5. The van der Waals surface area contributed by atoms with Crippen molar-refractivity contribution in [3.8, 4) is 0 Å². The van der Waals surface area contributed by atoms with Crippen molar-refractivity contribution in [3.63, 3.8) is 0 Å². The molecule has 3 rings (SSSR count). The van der Waals surface area contributed by atoms with Gasteiger partial charge in [0.2, 0.25) is 5.95 Å². The zero-order valence-electron chi connectivity index (χ0n) is 11.2.